The van der Waals surface area contributed by atoms with E-state index in [0.29, 0.717) is 17.1 Å². The number of rotatable bonds is 4. The van der Waals surface area contributed by atoms with E-state index in [1.807, 2.05) is 0 Å². The maximum absolute atomic E-state index is 13.5. The van der Waals surface area contributed by atoms with Gasteiger partial charge in [0.15, 0.2) is 5.11 Å². The van der Waals surface area contributed by atoms with Crippen molar-refractivity contribution in [3.63, 3.8) is 0 Å². The fourth-order valence-electron chi connectivity index (χ4n) is 2.84. The van der Waals surface area contributed by atoms with Crippen molar-refractivity contribution in [2.45, 2.75) is 38.6 Å². The molecule has 1 aromatic carbocycles. The highest BCUT2D eigenvalue weighted by Crippen LogP contribution is 2.23. The van der Waals surface area contributed by atoms with Gasteiger partial charge in [-0.3, -0.25) is 20.4 Å². The number of carbonyl (C=O) groups is 2. The molecule has 2 rings (SSSR count). The molecule has 0 bridgehead atoms. The molecular weight excluding hydrogens is 362 g/mol. The van der Waals surface area contributed by atoms with Crippen LogP contribution in [-0.4, -0.2) is 29.5 Å². The average Bonchev–Trinajstić information content (AvgIpc) is 2.60. The zero-order valence-corrected chi connectivity index (χ0v) is 15.2. The molecule has 1 saturated carbocycles. The summed E-state index contributed by atoms with van der Waals surface area (Å²) in [5.41, 5.74) is 4.60. The van der Waals surface area contributed by atoms with Crippen LogP contribution in [0.4, 0.5) is 8.78 Å². The van der Waals surface area contributed by atoms with Crippen molar-refractivity contribution in [3.8, 4) is 0 Å². The van der Waals surface area contributed by atoms with Crippen LogP contribution in [-0.2, 0) is 4.79 Å². The van der Waals surface area contributed by atoms with Crippen LogP contribution in [0.5, 0.6) is 0 Å². The number of amides is 2. The molecule has 1 aliphatic carbocycles. The largest absolute Gasteiger partial charge is 0.358 e. The Hall–Kier alpha value is -2.29. The SMILES string of the molecule is CC1CCCCC1NC(=S)NNC(=O)CNC(=O)c1ccc(F)cc1F. The molecule has 0 spiro atoms. The predicted octanol–water partition coefficient (Wildman–Crippen LogP) is 1.77. The van der Waals surface area contributed by atoms with Crippen LogP contribution >= 0.6 is 12.2 Å². The Morgan fingerprint density at radius 3 is 2.62 bits per heavy atom. The monoisotopic (exact) mass is 384 g/mol. The first-order chi connectivity index (χ1) is 12.4. The van der Waals surface area contributed by atoms with E-state index in [0.717, 1.165) is 31.4 Å². The smallest absolute Gasteiger partial charge is 0.257 e. The fourth-order valence-corrected chi connectivity index (χ4v) is 3.04. The molecule has 2 atom stereocenters. The normalized spacial score (nSPS) is 19.3. The van der Waals surface area contributed by atoms with Gasteiger partial charge in [0.25, 0.3) is 11.8 Å². The van der Waals surface area contributed by atoms with Crippen LogP contribution in [0.1, 0.15) is 43.0 Å². The second-order valence-corrected chi connectivity index (χ2v) is 6.73. The summed E-state index contributed by atoms with van der Waals surface area (Å²) >= 11 is 5.14. The highest BCUT2D eigenvalue weighted by molar-refractivity contribution is 7.80. The van der Waals surface area contributed by atoms with Crippen LogP contribution in [0.3, 0.4) is 0 Å². The minimum atomic E-state index is -0.993. The molecule has 1 fully saturated rings. The van der Waals surface area contributed by atoms with Crippen LogP contribution < -0.4 is 21.5 Å². The molecule has 9 heteroatoms. The summed E-state index contributed by atoms with van der Waals surface area (Å²) in [6.07, 6.45) is 4.52. The second-order valence-electron chi connectivity index (χ2n) is 6.32. The number of halogens is 2. The average molecular weight is 384 g/mol. The first-order valence-electron chi connectivity index (χ1n) is 8.45. The maximum Gasteiger partial charge on any atom is 0.257 e. The summed E-state index contributed by atoms with van der Waals surface area (Å²) in [6, 6.07) is 2.85. The Labute approximate surface area is 156 Å². The van der Waals surface area contributed by atoms with Gasteiger partial charge in [-0.1, -0.05) is 19.8 Å². The highest BCUT2D eigenvalue weighted by Gasteiger charge is 2.21. The Balaban J connectivity index is 1.71. The van der Waals surface area contributed by atoms with E-state index in [1.54, 1.807) is 0 Å². The Morgan fingerprint density at radius 1 is 1.19 bits per heavy atom. The van der Waals surface area contributed by atoms with Gasteiger partial charge in [0.1, 0.15) is 11.6 Å². The zero-order chi connectivity index (χ0) is 19.1. The molecule has 2 unspecified atom stereocenters. The Bertz CT molecular complexity index is 687. The predicted molar refractivity (Wildman–Crippen MR) is 97.1 cm³/mol. The molecule has 0 aliphatic heterocycles. The minimum absolute atomic E-state index is 0.266. The van der Waals surface area contributed by atoms with Crippen LogP contribution in [0, 0.1) is 17.6 Å². The van der Waals surface area contributed by atoms with Gasteiger partial charge in [-0.05, 0) is 43.1 Å². The number of hydrogen-bond donors (Lipinski definition) is 4. The number of hydrazine groups is 1. The lowest BCUT2D eigenvalue weighted by Gasteiger charge is -2.30. The van der Waals surface area contributed by atoms with Gasteiger partial charge in [0, 0.05) is 12.1 Å². The summed E-state index contributed by atoms with van der Waals surface area (Å²) in [6.45, 7) is 1.77. The summed E-state index contributed by atoms with van der Waals surface area (Å²) in [5.74, 6) is -2.64. The Kier molecular flexibility index (Phi) is 7.26. The quantitative estimate of drug-likeness (QED) is 0.470. The van der Waals surface area contributed by atoms with Crippen LogP contribution in [0.25, 0.3) is 0 Å². The van der Waals surface area contributed by atoms with Crippen molar-refractivity contribution < 1.29 is 18.4 Å². The van der Waals surface area contributed by atoms with Crippen LogP contribution in [0.2, 0.25) is 0 Å². The Morgan fingerprint density at radius 2 is 1.92 bits per heavy atom. The third kappa shape index (κ3) is 5.91. The molecule has 26 heavy (non-hydrogen) atoms. The van der Waals surface area contributed by atoms with Crippen molar-refractivity contribution in [1.29, 1.82) is 0 Å². The van der Waals surface area contributed by atoms with Crippen molar-refractivity contribution in [1.82, 2.24) is 21.5 Å². The molecule has 1 aliphatic rings. The molecule has 0 heterocycles. The first-order valence-corrected chi connectivity index (χ1v) is 8.86. The molecule has 0 saturated heterocycles. The first kappa shape index (κ1) is 20.0. The van der Waals surface area contributed by atoms with E-state index >= 15 is 0 Å². The summed E-state index contributed by atoms with van der Waals surface area (Å²) in [7, 11) is 0. The lowest BCUT2D eigenvalue weighted by molar-refractivity contribution is -0.120. The third-order valence-electron chi connectivity index (χ3n) is 4.33. The number of hydrogen-bond acceptors (Lipinski definition) is 3. The van der Waals surface area contributed by atoms with Gasteiger partial charge >= 0.3 is 0 Å². The number of thiocarbonyl (C=S) groups is 1. The van der Waals surface area contributed by atoms with Gasteiger partial charge in [0.2, 0.25) is 0 Å². The van der Waals surface area contributed by atoms with Gasteiger partial charge in [-0.15, -0.1) is 0 Å². The molecule has 2 amide bonds. The molecule has 4 N–H and O–H groups in total. The van der Waals surface area contributed by atoms with Crippen molar-refractivity contribution in [2.24, 2.45) is 5.92 Å². The summed E-state index contributed by atoms with van der Waals surface area (Å²) in [4.78, 5) is 23.6. The third-order valence-corrected chi connectivity index (χ3v) is 4.55. The van der Waals surface area contributed by atoms with Crippen LogP contribution in [0.15, 0.2) is 18.2 Å². The molecule has 0 radical (unpaired) electrons. The fraction of sp³-hybridized carbons (Fsp3) is 0.471. The van der Waals surface area contributed by atoms with E-state index in [2.05, 4.69) is 28.4 Å². The highest BCUT2D eigenvalue weighted by atomic mass is 32.1. The van der Waals surface area contributed by atoms with Gasteiger partial charge in [-0.2, -0.15) is 0 Å². The molecular formula is C17H22F2N4O2S. The number of benzene rings is 1. The van der Waals surface area contributed by atoms with E-state index in [4.69, 9.17) is 12.2 Å². The maximum atomic E-state index is 13.5. The lowest BCUT2D eigenvalue weighted by atomic mass is 9.86. The zero-order valence-electron chi connectivity index (χ0n) is 14.4. The molecule has 1 aromatic rings. The van der Waals surface area contributed by atoms with E-state index in [1.165, 1.54) is 6.42 Å². The van der Waals surface area contributed by atoms with Gasteiger partial charge in [0.05, 0.1) is 12.1 Å². The van der Waals surface area contributed by atoms with E-state index in [9.17, 15) is 18.4 Å². The molecule has 6 nitrogen and oxygen atoms in total. The number of nitrogens with one attached hydrogen (secondary N) is 4. The lowest BCUT2D eigenvalue weighted by Crippen LogP contribution is -2.53. The van der Waals surface area contributed by atoms with Gasteiger partial charge in [-0.25, -0.2) is 8.78 Å². The van der Waals surface area contributed by atoms with E-state index in [-0.39, 0.29) is 18.2 Å². The van der Waals surface area contributed by atoms with Crippen molar-refractivity contribution in [3.05, 3.63) is 35.4 Å². The standard InChI is InChI=1S/C17H22F2N4O2S/c1-10-4-2-3-5-14(10)21-17(26)23-22-15(24)9-20-16(25)12-7-6-11(18)8-13(12)19/h6-8,10,14H,2-5,9H2,1H3,(H,20,25)(H,22,24)(H2,21,23,26). The van der Waals surface area contributed by atoms with Gasteiger partial charge < -0.3 is 10.6 Å². The topological polar surface area (TPSA) is 82.3 Å². The summed E-state index contributed by atoms with van der Waals surface area (Å²) < 4.78 is 26.3. The summed E-state index contributed by atoms with van der Waals surface area (Å²) in [5, 5.41) is 5.71. The van der Waals surface area contributed by atoms with Crippen molar-refractivity contribution in [2.75, 3.05) is 6.54 Å². The molecule has 142 valence electrons. The van der Waals surface area contributed by atoms with E-state index < -0.39 is 23.4 Å². The van der Waals surface area contributed by atoms with Crippen molar-refractivity contribution >= 4 is 29.1 Å². The minimum Gasteiger partial charge on any atom is -0.358 e. The second kappa shape index (κ2) is 9.42. The molecule has 0 aromatic heterocycles. The number of carbonyl (C=O) groups excluding carboxylic acids is 2.